The van der Waals surface area contributed by atoms with Crippen LogP contribution in [0.15, 0.2) is 24.4 Å². The molecule has 1 amide bonds. The quantitative estimate of drug-likeness (QED) is 0.857. The van der Waals surface area contributed by atoms with Gasteiger partial charge >= 0.3 is 0 Å². The summed E-state index contributed by atoms with van der Waals surface area (Å²) in [5.41, 5.74) is 0.553. The van der Waals surface area contributed by atoms with Crippen LogP contribution < -0.4 is 5.32 Å². The second-order valence-electron chi connectivity index (χ2n) is 4.51. The van der Waals surface area contributed by atoms with Gasteiger partial charge in [-0.05, 0) is 12.1 Å². The Hall–Kier alpha value is -2.24. The molecule has 6 heteroatoms. The second-order valence-corrected chi connectivity index (χ2v) is 4.51. The highest BCUT2D eigenvalue weighted by Gasteiger charge is 2.32. The lowest BCUT2D eigenvalue weighted by Gasteiger charge is -2.23. The van der Waals surface area contributed by atoms with Crippen molar-refractivity contribution in [2.45, 2.75) is 12.3 Å². The molecule has 4 nitrogen and oxygen atoms in total. The van der Waals surface area contributed by atoms with E-state index in [2.05, 4.69) is 10.4 Å². The largest absolute Gasteiger partial charge is 0.311 e. The first-order valence-corrected chi connectivity index (χ1v) is 5.83. The number of hydrogen-bond acceptors (Lipinski definition) is 2. The SMILES string of the molecule is Cn1ncc2c1NC(=O)C[C@H]2c1c(F)cccc1F. The summed E-state index contributed by atoms with van der Waals surface area (Å²) in [5.74, 6) is -1.71. The third kappa shape index (κ3) is 1.80. The number of benzene rings is 1. The van der Waals surface area contributed by atoms with Gasteiger partial charge in [0.15, 0.2) is 0 Å². The summed E-state index contributed by atoms with van der Waals surface area (Å²) in [6, 6.07) is 3.70. The first kappa shape index (κ1) is 11.8. The van der Waals surface area contributed by atoms with Crippen LogP contribution in [0.3, 0.4) is 0 Å². The molecule has 98 valence electrons. The van der Waals surface area contributed by atoms with Gasteiger partial charge in [-0.1, -0.05) is 6.07 Å². The Bertz CT molecular complexity index is 646. The molecular formula is C13H11F2N3O. The smallest absolute Gasteiger partial charge is 0.226 e. The zero-order chi connectivity index (χ0) is 13.6. The maximum absolute atomic E-state index is 13.9. The molecule has 0 unspecified atom stereocenters. The molecule has 0 spiro atoms. The molecule has 0 bridgehead atoms. The lowest BCUT2D eigenvalue weighted by molar-refractivity contribution is -0.116. The molecule has 0 aliphatic carbocycles. The van der Waals surface area contributed by atoms with Crippen molar-refractivity contribution in [3.8, 4) is 0 Å². The minimum absolute atomic E-state index is 0.0105. The number of carbonyl (C=O) groups excluding carboxylic acids is 1. The van der Waals surface area contributed by atoms with Gasteiger partial charge in [0, 0.05) is 30.5 Å². The molecule has 0 saturated heterocycles. The normalized spacial score (nSPS) is 18.1. The number of nitrogens with one attached hydrogen (secondary N) is 1. The molecule has 0 saturated carbocycles. The van der Waals surface area contributed by atoms with Gasteiger partial charge in [-0.25, -0.2) is 8.78 Å². The molecule has 1 aliphatic heterocycles. The van der Waals surface area contributed by atoms with Crippen LogP contribution in [0.4, 0.5) is 14.6 Å². The Balaban J connectivity index is 2.18. The minimum Gasteiger partial charge on any atom is -0.311 e. The number of amides is 1. The average Bonchev–Trinajstić information content (AvgIpc) is 2.71. The number of hydrogen-bond donors (Lipinski definition) is 1. The first-order valence-electron chi connectivity index (χ1n) is 5.83. The van der Waals surface area contributed by atoms with Crippen LogP contribution >= 0.6 is 0 Å². The van der Waals surface area contributed by atoms with Gasteiger partial charge in [0.1, 0.15) is 17.5 Å². The summed E-state index contributed by atoms with van der Waals surface area (Å²) in [5, 5.41) is 6.69. The van der Waals surface area contributed by atoms with E-state index in [0.717, 1.165) is 0 Å². The number of carbonyl (C=O) groups is 1. The number of aryl methyl sites for hydroxylation is 1. The summed E-state index contributed by atoms with van der Waals surface area (Å²) in [7, 11) is 1.67. The van der Waals surface area contributed by atoms with Crippen LogP contribution in [0.2, 0.25) is 0 Å². The van der Waals surface area contributed by atoms with Gasteiger partial charge in [0.25, 0.3) is 0 Å². The van der Waals surface area contributed by atoms with E-state index in [1.165, 1.54) is 29.1 Å². The maximum atomic E-state index is 13.9. The van der Waals surface area contributed by atoms with E-state index in [-0.39, 0.29) is 17.9 Å². The van der Waals surface area contributed by atoms with Crippen molar-refractivity contribution in [3.63, 3.8) is 0 Å². The van der Waals surface area contributed by atoms with Crippen molar-refractivity contribution in [1.29, 1.82) is 0 Å². The van der Waals surface area contributed by atoms with Crippen LogP contribution in [0.5, 0.6) is 0 Å². The first-order chi connectivity index (χ1) is 9.08. The molecule has 1 atom stereocenters. The summed E-state index contributed by atoms with van der Waals surface area (Å²) in [6.45, 7) is 0. The monoisotopic (exact) mass is 263 g/mol. The lowest BCUT2D eigenvalue weighted by atomic mass is 9.86. The van der Waals surface area contributed by atoms with E-state index in [1.54, 1.807) is 7.05 Å². The standard InChI is InChI=1S/C13H11F2N3O/c1-18-13-8(6-16-18)7(5-11(19)17-13)12-9(14)3-2-4-10(12)15/h2-4,6-7H,5H2,1H3,(H,17,19)/t7-/m1/s1. The Morgan fingerprint density at radius 1 is 1.37 bits per heavy atom. The third-order valence-corrected chi connectivity index (χ3v) is 3.34. The molecule has 3 rings (SSSR count). The van der Waals surface area contributed by atoms with Crippen LogP contribution in [-0.2, 0) is 11.8 Å². The van der Waals surface area contributed by atoms with E-state index in [0.29, 0.717) is 11.4 Å². The molecule has 0 radical (unpaired) electrons. The summed E-state index contributed by atoms with van der Waals surface area (Å²) in [6.07, 6.45) is 1.54. The van der Waals surface area contributed by atoms with Crippen molar-refractivity contribution < 1.29 is 13.6 Å². The van der Waals surface area contributed by atoms with Crippen LogP contribution in [0, 0.1) is 11.6 Å². The fourth-order valence-electron chi connectivity index (χ4n) is 2.44. The number of anilines is 1. The van der Waals surface area contributed by atoms with Crippen LogP contribution in [-0.4, -0.2) is 15.7 Å². The number of nitrogens with zero attached hydrogens (tertiary/aromatic N) is 2. The van der Waals surface area contributed by atoms with Crippen molar-refractivity contribution in [2.75, 3.05) is 5.32 Å². The number of halogens is 2. The van der Waals surface area contributed by atoms with Gasteiger partial charge in [-0.15, -0.1) is 0 Å². The topological polar surface area (TPSA) is 46.9 Å². The van der Waals surface area contributed by atoms with Gasteiger partial charge < -0.3 is 5.32 Å². The highest BCUT2D eigenvalue weighted by molar-refractivity contribution is 5.94. The predicted molar refractivity (Wildman–Crippen MR) is 64.7 cm³/mol. The minimum atomic E-state index is -0.644. The second kappa shape index (κ2) is 4.15. The number of rotatable bonds is 1. The highest BCUT2D eigenvalue weighted by Crippen LogP contribution is 2.38. The van der Waals surface area contributed by atoms with E-state index >= 15 is 0 Å². The molecule has 19 heavy (non-hydrogen) atoms. The summed E-state index contributed by atoms with van der Waals surface area (Å²) < 4.78 is 29.2. The zero-order valence-corrected chi connectivity index (χ0v) is 10.2. The van der Waals surface area contributed by atoms with E-state index < -0.39 is 17.6 Å². The molecule has 2 aromatic rings. The van der Waals surface area contributed by atoms with Gasteiger partial charge in [-0.3, -0.25) is 9.48 Å². The van der Waals surface area contributed by atoms with Gasteiger partial charge in [-0.2, -0.15) is 5.10 Å². The van der Waals surface area contributed by atoms with Gasteiger partial charge in [0.05, 0.1) is 6.20 Å². The van der Waals surface area contributed by atoms with Crippen LogP contribution in [0.1, 0.15) is 23.5 Å². The Kier molecular flexibility index (Phi) is 2.58. The number of fused-ring (bicyclic) bond motifs is 1. The highest BCUT2D eigenvalue weighted by atomic mass is 19.1. The number of aromatic nitrogens is 2. The maximum Gasteiger partial charge on any atom is 0.226 e. The molecule has 1 N–H and O–H groups in total. The summed E-state index contributed by atoms with van der Waals surface area (Å²) in [4.78, 5) is 11.7. The Morgan fingerprint density at radius 2 is 2.05 bits per heavy atom. The third-order valence-electron chi connectivity index (χ3n) is 3.34. The predicted octanol–water partition coefficient (Wildman–Crippen LogP) is 2.17. The van der Waals surface area contributed by atoms with Crippen molar-refractivity contribution in [3.05, 3.63) is 47.2 Å². The van der Waals surface area contributed by atoms with Crippen molar-refractivity contribution >= 4 is 11.7 Å². The fraction of sp³-hybridized carbons (Fsp3) is 0.231. The molecule has 2 heterocycles. The molecule has 1 aromatic heterocycles. The summed E-state index contributed by atoms with van der Waals surface area (Å²) >= 11 is 0. The zero-order valence-electron chi connectivity index (χ0n) is 10.2. The van der Waals surface area contributed by atoms with E-state index in [4.69, 9.17) is 0 Å². The van der Waals surface area contributed by atoms with Crippen LogP contribution in [0.25, 0.3) is 0 Å². The Morgan fingerprint density at radius 3 is 2.74 bits per heavy atom. The van der Waals surface area contributed by atoms with E-state index in [9.17, 15) is 13.6 Å². The lowest BCUT2D eigenvalue weighted by Crippen LogP contribution is -2.25. The molecule has 1 aromatic carbocycles. The van der Waals surface area contributed by atoms with E-state index in [1.807, 2.05) is 0 Å². The Labute approximate surface area is 108 Å². The molecular weight excluding hydrogens is 252 g/mol. The molecule has 0 fully saturated rings. The van der Waals surface area contributed by atoms with Gasteiger partial charge in [0.2, 0.25) is 5.91 Å². The average molecular weight is 263 g/mol. The fourth-order valence-corrected chi connectivity index (χ4v) is 2.44. The van der Waals surface area contributed by atoms with Crippen molar-refractivity contribution in [2.24, 2.45) is 7.05 Å². The molecule has 1 aliphatic rings. The van der Waals surface area contributed by atoms with Crippen molar-refractivity contribution in [1.82, 2.24) is 9.78 Å².